The first-order valence-electron chi connectivity index (χ1n) is 6.60. The quantitative estimate of drug-likeness (QED) is 0.763. The molecule has 0 amide bonds. The van der Waals surface area contributed by atoms with Crippen LogP contribution in [0.5, 0.6) is 5.75 Å². The highest BCUT2D eigenvalue weighted by Crippen LogP contribution is 2.34. The van der Waals surface area contributed by atoms with Crippen molar-refractivity contribution in [2.24, 2.45) is 0 Å². The second-order valence-electron chi connectivity index (χ2n) is 5.01. The highest BCUT2D eigenvalue weighted by molar-refractivity contribution is 6.30. The molecule has 1 atom stereocenters. The first kappa shape index (κ1) is 12.5. The Balaban J connectivity index is 1.91. The maximum absolute atomic E-state index is 6.12. The van der Waals surface area contributed by atoms with Crippen molar-refractivity contribution in [1.29, 1.82) is 0 Å². The molecule has 0 N–H and O–H groups in total. The second-order valence-corrected chi connectivity index (χ2v) is 5.45. The molecule has 1 aliphatic heterocycles. The summed E-state index contributed by atoms with van der Waals surface area (Å²) in [6, 6.07) is 10.0. The fraction of sp³-hybridized carbons (Fsp3) is 0.312. The Hall–Kier alpha value is -1.54. The maximum Gasteiger partial charge on any atom is 0.141 e. The summed E-state index contributed by atoms with van der Waals surface area (Å²) in [7, 11) is 0. The van der Waals surface area contributed by atoms with Crippen LogP contribution < -0.4 is 4.74 Å². The van der Waals surface area contributed by atoms with Crippen LogP contribution in [0.25, 0.3) is 0 Å². The number of halogens is 1. The molecule has 3 heteroatoms. The van der Waals surface area contributed by atoms with Crippen LogP contribution in [-0.2, 0) is 6.42 Å². The van der Waals surface area contributed by atoms with Crippen molar-refractivity contribution in [3.63, 3.8) is 0 Å². The first-order valence-corrected chi connectivity index (χ1v) is 6.98. The number of ether oxygens (including phenoxy) is 1. The highest BCUT2D eigenvalue weighted by Gasteiger charge is 2.20. The van der Waals surface area contributed by atoms with E-state index in [-0.39, 0.29) is 6.10 Å². The third-order valence-corrected chi connectivity index (χ3v) is 3.71. The Kier molecular flexibility index (Phi) is 3.43. The van der Waals surface area contributed by atoms with Gasteiger partial charge in [0, 0.05) is 11.2 Å². The minimum absolute atomic E-state index is 0.0281. The van der Waals surface area contributed by atoms with Crippen LogP contribution in [0.15, 0.2) is 36.5 Å². The largest absolute Gasteiger partial charge is 0.484 e. The predicted octanol–water partition coefficient (Wildman–Crippen LogP) is 4.50. The molecule has 0 saturated carbocycles. The van der Waals surface area contributed by atoms with Gasteiger partial charge in [0.25, 0.3) is 0 Å². The zero-order valence-electron chi connectivity index (χ0n) is 10.9. The zero-order chi connectivity index (χ0) is 13.2. The Morgan fingerprint density at radius 2 is 2.16 bits per heavy atom. The normalized spacial score (nSPS) is 18.3. The van der Waals surface area contributed by atoms with Gasteiger partial charge in [-0.25, -0.2) is 0 Å². The van der Waals surface area contributed by atoms with E-state index in [1.807, 2.05) is 25.3 Å². The van der Waals surface area contributed by atoms with E-state index in [1.165, 1.54) is 11.1 Å². The van der Waals surface area contributed by atoms with Gasteiger partial charge in [0.05, 0.1) is 5.69 Å². The van der Waals surface area contributed by atoms with Crippen LogP contribution in [0.2, 0.25) is 5.02 Å². The van der Waals surface area contributed by atoms with Gasteiger partial charge in [-0.3, -0.25) is 4.98 Å². The second kappa shape index (κ2) is 5.22. The summed E-state index contributed by atoms with van der Waals surface area (Å²) in [6.45, 7) is 2.04. The van der Waals surface area contributed by atoms with E-state index in [9.17, 15) is 0 Å². The molecule has 98 valence electrons. The topological polar surface area (TPSA) is 22.1 Å². The maximum atomic E-state index is 6.12. The molecular weight excluding hydrogens is 258 g/mol. The average Bonchev–Trinajstić information content (AvgIpc) is 2.61. The molecule has 2 nitrogen and oxygen atoms in total. The zero-order valence-corrected chi connectivity index (χ0v) is 11.7. The monoisotopic (exact) mass is 273 g/mol. The average molecular weight is 274 g/mol. The lowest BCUT2D eigenvalue weighted by Gasteiger charge is -2.17. The van der Waals surface area contributed by atoms with Gasteiger partial charge in [0.15, 0.2) is 0 Å². The molecule has 2 heterocycles. The molecule has 0 spiro atoms. The van der Waals surface area contributed by atoms with Crippen LogP contribution in [0, 0.1) is 6.92 Å². The molecule has 19 heavy (non-hydrogen) atoms. The summed E-state index contributed by atoms with van der Waals surface area (Å²) in [5.74, 6) is 0.900. The van der Waals surface area contributed by atoms with E-state index >= 15 is 0 Å². The van der Waals surface area contributed by atoms with E-state index in [0.29, 0.717) is 0 Å². The van der Waals surface area contributed by atoms with Crippen LogP contribution in [0.3, 0.4) is 0 Å². The van der Waals surface area contributed by atoms with Gasteiger partial charge in [-0.1, -0.05) is 23.7 Å². The number of aromatic nitrogens is 1. The molecule has 2 aromatic rings. The molecule has 0 aliphatic carbocycles. The number of aryl methyl sites for hydroxylation is 2. The van der Waals surface area contributed by atoms with E-state index in [0.717, 1.165) is 35.7 Å². The molecule has 1 unspecified atom stereocenters. The number of hydrogen-bond donors (Lipinski definition) is 0. The minimum Gasteiger partial charge on any atom is -0.484 e. The van der Waals surface area contributed by atoms with Gasteiger partial charge in [-0.15, -0.1) is 0 Å². The van der Waals surface area contributed by atoms with Gasteiger partial charge in [-0.2, -0.15) is 0 Å². The van der Waals surface area contributed by atoms with E-state index < -0.39 is 0 Å². The molecule has 0 radical (unpaired) electrons. The summed E-state index contributed by atoms with van der Waals surface area (Å²) in [6.07, 6.45) is 5.05. The van der Waals surface area contributed by atoms with E-state index in [1.54, 1.807) is 0 Å². The molecule has 0 bridgehead atoms. The SMILES string of the molecule is Cc1ccc(C2CCCc3ccc(Cl)cc3O2)nc1. The Morgan fingerprint density at radius 3 is 2.95 bits per heavy atom. The summed E-state index contributed by atoms with van der Waals surface area (Å²) < 4.78 is 6.12. The summed E-state index contributed by atoms with van der Waals surface area (Å²) in [4.78, 5) is 4.48. The lowest BCUT2D eigenvalue weighted by Crippen LogP contribution is -2.08. The number of fused-ring (bicyclic) bond motifs is 1. The van der Waals surface area contributed by atoms with Crippen LogP contribution in [-0.4, -0.2) is 4.98 Å². The first-order chi connectivity index (χ1) is 9.22. The predicted molar refractivity (Wildman–Crippen MR) is 76.7 cm³/mol. The minimum atomic E-state index is 0.0281. The van der Waals surface area contributed by atoms with Crippen molar-refractivity contribution < 1.29 is 4.74 Å². The van der Waals surface area contributed by atoms with E-state index in [4.69, 9.17) is 16.3 Å². The molecule has 1 aromatic carbocycles. The fourth-order valence-electron chi connectivity index (χ4n) is 2.41. The number of hydrogen-bond acceptors (Lipinski definition) is 2. The van der Waals surface area contributed by atoms with Gasteiger partial charge >= 0.3 is 0 Å². The number of rotatable bonds is 1. The Morgan fingerprint density at radius 1 is 1.26 bits per heavy atom. The van der Waals surface area contributed by atoms with Crippen molar-refractivity contribution >= 4 is 11.6 Å². The van der Waals surface area contributed by atoms with E-state index in [2.05, 4.69) is 23.2 Å². The summed E-state index contributed by atoms with van der Waals surface area (Å²) in [5.41, 5.74) is 3.40. The van der Waals surface area contributed by atoms with Crippen LogP contribution >= 0.6 is 11.6 Å². The lowest BCUT2D eigenvalue weighted by molar-refractivity contribution is 0.195. The molecule has 3 rings (SSSR count). The van der Waals surface area contributed by atoms with Crippen molar-refractivity contribution in [1.82, 2.24) is 4.98 Å². The third-order valence-electron chi connectivity index (χ3n) is 3.47. The smallest absolute Gasteiger partial charge is 0.141 e. The van der Waals surface area contributed by atoms with Crippen molar-refractivity contribution in [3.05, 3.63) is 58.4 Å². The number of benzene rings is 1. The third kappa shape index (κ3) is 2.74. The van der Waals surface area contributed by atoms with Crippen molar-refractivity contribution in [3.8, 4) is 5.75 Å². The van der Waals surface area contributed by atoms with Gasteiger partial charge in [0.1, 0.15) is 11.9 Å². The molecule has 1 aromatic heterocycles. The Bertz CT molecular complexity index is 580. The van der Waals surface area contributed by atoms with Gasteiger partial charge in [0.2, 0.25) is 0 Å². The lowest BCUT2D eigenvalue weighted by atomic mass is 10.1. The molecular formula is C16H16ClNO. The van der Waals surface area contributed by atoms with Gasteiger partial charge in [-0.05, 0) is 55.5 Å². The summed E-state index contributed by atoms with van der Waals surface area (Å²) >= 11 is 6.05. The summed E-state index contributed by atoms with van der Waals surface area (Å²) in [5, 5.41) is 0.719. The molecule has 0 fully saturated rings. The number of nitrogens with zero attached hydrogens (tertiary/aromatic N) is 1. The van der Waals surface area contributed by atoms with Gasteiger partial charge < -0.3 is 4.74 Å². The van der Waals surface area contributed by atoms with Crippen molar-refractivity contribution in [2.75, 3.05) is 0 Å². The molecule has 1 aliphatic rings. The fourth-order valence-corrected chi connectivity index (χ4v) is 2.57. The standard InChI is InChI=1S/C16H16ClNO/c1-11-5-8-14(18-10-11)15-4-2-3-12-6-7-13(17)9-16(12)19-15/h5-10,15H,2-4H2,1H3. The van der Waals surface area contributed by atoms with Crippen molar-refractivity contribution in [2.45, 2.75) is 32.3 Å². The number of pyridine rings is 1. The Labute approximate surface area is 118 Å². The molecule has 0 saturated heterocycles. The van der Waals surface area contributed by atoms with Crippen LogP contribution in [0.1, 0.15) is 35.8 Å². The highest BCUT2D eigenvalue weighted by atomic mass is 35.5. The van der Waals surface area contributed by atoms with Crippen LogP contribution in [0.4, 0.5) is 0 Å².